The van der Waals surface area contributed by atoms with Crippen molar-refractivity contribution in [1.29, 1.82) is 0 Å². The average molecular weight is 383 g/mol. The molecule has 0 fully saturated rings. The Kier molecular flexibility index (Phi) is 6.06. The third kappa shape index (κ3) is 4.98. The van der Waals surface area contributed by atoms with Crippen LogP contribution in [0, 0.1) is 0 Å². The van der Waals surface area contributed by atoms with Gasteiger partial charge in [0, 0.05) is 5.69 Å². The van der Waals surface area contributed by atoms with Gasteiger partial charge < -0.3 is 19.9 Å². The lowest BCUT2D eigenvalue weighted by Gasteiger charge is -2.26. The summed E-state index contributed by atoms with van der Waals surface area (Å²) in [5.41, 5.74) is -3.77. The van der Waals surface area contributed by atoms with Gasteiger partial charge in [-0.15, -0.1) is 0 Å². The second-order valence-corrected chi connectivity index (χ2v) is 5.51. The Hall–Kier alpha value is -3.07. The number of methoxy groups -OCH3 is 1. The first-order chi connectivity index (χ1) is 12.7. The quantitative estimate of drug-likeness (QED) is 0.748. The molecule has 6 nitrogen and oxygen atoms in total. The summed E-state index contributed by atoms with van der Waals surface area (Å²) in [7, 11) is 0.683. The Bertz CT molecular complexity index is 793. The number of hydrogen-bond donors (Lipinski definition) is 2. The summed E-state index contributed by atoms with van der Waals surface area (Å²) in [5.74, 6) is -2.14. The molecule has 1 amide bonds. The molecule has 0 aromatic heterocycles. The second kappa shape index (κ2) is 8.09. The van der Waals surface area contributed by atoms with E-state index in [4.69, 9.17) is 4.74 Å². The highest BCUT2D eigenvalue weighted by atomic mass is 19.4. The second-order valence-electron chi connectivity index (χ2n) is 5.51. The van der Waals surface area contributed by atoms with Crippen molar-refractivity contribution in [3.05, 3.63) is 54.6 Å². The zero-order chi connectivity index (χ0) is 20.1. The molecule has 2 aromatic rings. The van der Waals surface area contributed by atoms with Crippen LogP contribution < -0.4 is 10.1 Å². The van der Waals surface area contributed by atoms with E-state index in [2.05, 4.69) is 10.1 Å². The molecule has 0 aliphatic carbocycles. The van der Waals surface area contributed by atoms with Crippen LogP contribution in [0.25, 0.3) is 0 Å². The SMILES string of the molecule is COC(=O)C(O)(CC(=O)Nc1ccc(Oc2ccccc2)cc1)C(F)(F)F. The maximum atomic E-state index is 13.0. The first-order valence-corrected chi connectivity index (χ1v) is 7.66. The molecule has 27 heavy (non-hydrogen) atoms. The lowest BCUT2D eigenvalue weighted by molar-refractivity contribution is -0.261. The van der Waals surface area contributed by atoms with E-state index in [1.165, 1.54) is 24.3 Å². The third-order valence-electron chi connectivity index (χ3n) is 3.53. The Morgan fingerprint density at radius 2 is 1.56 bits per heavy atom. The zero-order valence-corrected chi connectivity index (χ0v) is 14.1. The molecular formula is C18H16F3NO5. The molecule has 2 N–H and O–H groups in total. The predicted molar refractivity (Wildman–Crippen MR) is 89.2 cm³/mol. The van der Waals surface area contributed by atoms with E-state index in [0.717, 1.165) is 0 Å². The standard InChI is InChI=1S/C18H16F3NO5/c1-26-16(24)17(25,18(19,20)21)11-15(23)22-12-7-9-14(10-8-12)27-13-5-3-2-4-6-13/h2-10,25H,11H2,1H3,(H,22,23). The van der Waals surface area contributed by atoms with E-state index in [9.17, 15) is 27.9 Å². The van der Waals surface area contributed by atoms with Gasteiger partial charge in [-0.05, 0) is 36.4 Å². The van der Waals surface area contributed by atoms with E-state index < -0.39 is 30.1 Å². The van der Waals surface area contributed by atoms with Crippen molar-refractivity contribution >= 4 is 17.6 Å². The first-order valence-electron chi connectivity index (χ1n) is 7.66. The van der Waals surface area contributed by atoms with Crippen LogP contribution in [-0.2, 0) is 14.3 Å². The highest BCUT2D eigenvalue weighted by molar-refractivity contribution is 5.96. The fourth-order valence-corrected chi connectivity index (χ4v) is 2.13. The van der Waals surface area contributed by atoms with Crippen molar-refractivity contribution < 1.29 is 37.3 Å². The van der Waals surface area contributed by atoms with Gasteiger partial charge >= 0.3 is 12.1 Å². The highest BCUT2D eigenvalue weighted by Gasteiger charge is 2.61. The summed E-state index contributed by atoms with van der Waals surface area (Å²) in [5, 5.41) is 11.8. The number of nitrogens with one attached hydrogen (secondary N) is 1. The van der Waals surface area contributed by atoms with Gasteiger partial charge in [0.05, 0.1) is 13.5 Å². The minimum absolute atomic E-state index is 0.162. The summed E-state index contributed by atoms with van der Waals surface area (Å²) < 4.78 is 48.4. The summed E-state index contributed by atoms with van der Waals surface area (Å²) >= 11 is 0. The fourth-order valence-electron chi connectivity index (χ4n) is 2.13. The molecule has 1 unspecified atom stereocenters. The van der Waals surface area contributed by atoms with Crippen molar-refractivity contribution in [2.45, 2.75) is 18.2 Å². The largest absolute Gasteiger partial charge is 0.467 e. The van der Waals surface area contributed by atoms with Crippen LogP contribution in [0.15, 0.2) is 54.6 Å². The molecule has 9 heteroatoms. The van der Waals surface area contributed by atoms with Crippen LogP contribution in [0.2, 0.25) is 0 Å². The molecule has 0 saturated heterocycles. The lowest BCUT2D eigenvalue weighted by atomic mass is 9.98. The number of benzene rings is 2. The predicted octanol–water partition coefficient (Wildman–Crippen LogP) is 3.27. The zero-order valence-electron chi connectivity index (χ0n) is 14.1. The van der Waals surface area contributed by atoms with Crippen molar-refractivity contribution in [3.63, 3.8) is 0 Å². The number of para-hydroxylation sites is 1. The number of carbonyl (C=O) groups is 2. The monoisotopic (exact) mass is 383 g/mol. The van der Waals surface area contributed by atoms with Crippen LogP contribution in [0.1, 0.15) is 6.42 Å². The number of aliphatic hydroxyl groups is 1. The summed E-state index contributed by atoms with van der Waals surface area (Å²) in [6.07, 6.45) is -6.91. The minimum Gasteiger partial charge on any atom is -0.467 e. The van der Waals surface area contributed by atoms with Crippen molar-refractivity contribution in [2.75, 3.05) is 12.4 Å². The van der Waals surface area contributed by atoms with Crippen molar-refractivity contribution in [2.24, 2.45) is 0 Å². The molecule has 0 spiro atoms. The van der Waals surface area contributed by atoms with Gasteiger partial charge in [-0.3, -0.25) is 4.79 Å². The third-order valence-corrected chi connectivity index (χ3v) is 3.53. The number of amides is 1. The average Bonchev–Trinajstić information content (AvgIpc) is 2.62. The van der Waals surface area contributed by atoms with E-state index in [1.807, 2.05) is 6.07 Å². The summed E-state index contributed by atoms with van der Waals surface area (Å²) in [6.45, 7) is 0. The molecule has 0 heterocycles. The molecular weight excluding hydrogens is 367 g/mol. The highest BCUT2D eigenvalue weighted by Crippen LogP contribution is 2.34. The maximum Gasteiger partial charge on any atom is 0.428 e. The molecule has 144 valence electrons. The number of halogens is 3. The van der Waals surface area contributed by atoms with E-state index in [0.29, 0.717) is 18.6 Å². The number of carbonyl (C=O) groups excluding carboxylic acids is 2. The smallest absolute Gasteiger partial charge is 0.428 e. The van der Waals surface area contributed by atoms with Gasteiger partial charge in [-0.2, -0.15) is 13.2 Å². The molecule has 2 aromatic carbocycles. The van der Waals surface area contributed by atoms with Crippen molar-refractivity contribution in [1.82, 2.24) is 0 Å². The normalized spacial score (nSPS) is 13.4. The number of esters is 1. The van der Waals surface area contributed by atoms with Gasteiger partial charge in [0.25, 0.3) is 5.60 Å². The molecule has 2 rings (SSSR count). The van der Waals surface area contributed by atoms with Gasteiger partial charge in [0.2, 0.25) is 5.91 Å². The molecule has 0 saturated carbocycles. The molecule has 0 radical (unpaired) electrons. The fraction of sp³-hybridized carbons (Fsp3) is 0.222. The van der Waals surface area contributed by atoms with Gasteiger partial charge in [-0.1, -0.05) is 18.2 Å². The number of anilines is 1. The molecule has 0 bridgehead atoms. The van der Waals surface area contributed by atoms with Crippen LogP contribution in [-0.4, -0.2) is 35.9 Å². The summed E-state index contributed by atoms with van der Waals surface area (Å²) in [6, 6.07) is 14.7. The summed E-state index contributed by atoms with van der Waals surface area (Å²) in [4.78, 5) is 23.2. The Balaban J connectivity index is 2.03. The molecule has 1 atom stereocenters. The van der Waals surface area contributed by atoms with Gasteiger partial charge in [0.15, 0.2) is 0 Å². The Labute approximate surface area is 152 Å². The van der Waals surface area contributed by atoms with Crippen LogP contribution >= 0.6 is 0 Å². The lowest BCUT2D eigenvalue weighted by Crippen LogP contribution is -2.54. The molecule has 0 aliphatic heterocycles. The van der Waals surface area contributed by atoms with E-state index >= 15 is 0 Å². The number of rotatable bonds is 6. The Morgan fingerprint density at radius 3 is 2.07 bits per heavy atom. The van der Waals surface area contributed by atoms with Gasteiger partial charge in [-0.25, -0.2) is 4.79 Å². The number of alkyl halides is 3. The van der Waals surface area contributed by atoms with Crippen LogP contribution in [0.4, 0.5) is 18.9 Å². The maximum absolute atomic E-state index is 13.0. The molecule has 0 aliphatic rings. The van der Waals surface area contributed by atoms with Crippen LogP contribution in [0.5, 0.6) is 11.5 Å². The van der Waals surface area contributed by atoms with Gasteiger partial charge in [0.1, 0.15) is 11.5 Å². The minimum atomic E-state index is -5.37. The number of hydrogen-bond acceptors (Lipinski definition) is 5. The van der Waals surface area contributed by atoms with Crippen molar-refractivity contribution in [3.8, 4) is 11.5 Å². The van der Waals surface area contributed by atoms with E-state index in [1.54, 1.807) is 24.3 Å². The topological polar surface area (TPSA) is 84.9 Å². The number of ether oxygens (including phenoxy) is 2. The van der Waals surface area contributed by atoms with E-state index in [-0.39, 0.29) is 5.69 Å². The van der Waals surface area contributed by atoms with Crippen LogP contribution in [0.3, 0.4) is 0 Å². The first kappa shape index (κ1) is 20.2. The Morgan fingerprint density at radius 1 is 1.00 bits per heavy atom.